The van der Waals surface area contributed by atoms with Crippen LogP contribution in [0.3, 0.4) is 0 Å². The fourth-order valence-corrected chi connectivity index (χ4v) is 3.64. The van der Waals surface area contributed by atoms with Crippen LogP contribution in [0.2, 0.25) is 0 Å². The standard InChI is InChI=1S/C11H18N4O3S/c1-12-11(8(16)18-3)5-4-7(6-11)19-10-14-13-9(17)15(10)2/h7,12H,4-6H2,1-3H3,(H,13,17). The van der Waals surface area contributed by atoms with Crippen molar-refractivity contribution in [3.05, 3.63) is 10.5 Å². The maximum atomic E-state index is 11.9. The molecule has 0 saturated heterocycles. The second-order valence-corrected chi connectivity index (χ2v) is 5.94. The van der Waals surface area contributed by atoms with Crippen LogP contribution in [0.15, 0.2) is 9.95 Å². The van der Waals surface area contributed by atoms with E-state index in [0.717, 1.165) is 12.8 Å². The number of H-pyrrole nitrogens is 1. The van der Waals surface area contributed by atoms with Crippen LogP contribution in [0.1, 0.15) is 19.3 Å². The molecule has 8 heteroatoms. The van der Waals surface area contributed by atoms with Crippen molar-refractivity contribution in [1.29, 1.82) is 0 Å². The van der Waals surface area contributed by atoms with Crippen molar-refractivity contribution in [3.8, 4) is 0 Å². The maximum Gasteiger partial charge on any atom is 0.343 e. The molecule has 1 aliphatic carbocycles. The second-order valence-electron chi connectivity index (χ2n) is 4.68. The molecule has 106 valence electrons. The van der Waals surface area contributed by atoms with Crippen LogP contribution in [0.25, 0.3) is 0 Å². The highest BCUT2D eigenvalue weighted by Crippen LogP contribution is 2.39. The molecule has 1 saturated carbocycles. The summed E-state index contributed by atoms with van der Waals surface area (Å²) in [5.41, 5.74) is -0.838. The molecule has 2 N–H and O–H groups in total. The zero-order chi connectivity index (χ0) is 14.0. The van der Waals surface area contributed by atoms with Gasteiger partial charge in [0.05, 0.1) is 7.11 Å². The average Bonchev–Trinajstić information content (AvgIpc) is 2.98. The van der Waals surface area contributed by atoms with Crippen LogP contribution in [0, 0.1) is 0 Å². The molecule has 2 rings (SSSR count). The molecular weight excluding hydrogens is 268 g/mol. The third kappa shape index (κ3) is 2.55. The number of nitrogens with zero attached hydrogens (tertiary/aromatic N) is 2. The number of likely N-dealkylation sites (N-methyl/N-ethyl adjacent to an activating group) is 1. The van der Waals surface area contributed by atoms with Crippen molar-refractivity contribution in [2.24, 2.45) is 7.05 Å². The molecule has 1 aromatic rings. The molecule has 0 radical (unpaired) electrons. The Labute approximate surface area is 115 Å². The largest absolute Gasteiger partial charge is 0.468 e. The van der Waals surface area contributed by atoms with E-state index in [-0.39, 0.29) is 16.9 Å². The summed E-state index contributed by atoms with van der Waals surface area (Å²) >= 11 is 1.52. The first-order valence-corrected chi connectivity index (χ1v) is 6.96. The van der Waals surface area contributed by atoms with Crippen LogP contribution >= 0.6 is 11.8 Å². The van der Waals surface area contributed by atoms with E-state index in [1.165, 1.54) is 23.4 Å². The van der Waals surface area contributed by atoms with Crippen molar-refractivity contribution >= 4 is 17.7 Å². The normalized spacial score (nSPS) is 26.6. The zero-order valence-corrected chi connectivity index (χ0v) is 12.0. The van der Waals surface area contributed by atoms with Crippen LogP contribution in [-0.4, -0.2) is 45.7 Å². The number of nitrogens with one attached hydrogen (secondary N) is 2. The summed E-state index contributed by atoms with van der Waals surface area (Å²) in [6.45, 7) is 0. The fraction of sp³-hybridized carbons (Fsp3) is 0.727. The Morgan fingerprint density at radius 3 is 2.95 bits per heavy atom. The highest BCUT2D eigenvalue weighted by Gasteiger charge is 2.45. The fourth-order valence-electron chi connectivity index (χ4n) is 2.40. The van der Waals surface area contributed by atoms with Gasteiger partial charge < -0.3 is 10.1 Å². The third-order valence-electron chi connectivity index (χ3n) is 3.63. The second kappa shape index (κ2) is 5.38. The van der Waals surface area contributed by atoms with Gasteiger partial charge in [0, 0.05) is 12.3 Å². The topological polar surface area (TPSA) is 89.0 Å². The lowest BCUT2D eigenvalue weighted by Gasteiger charge is -2.25. The highest BCUT2D eigenvalue weighted by molar-refractivity contribution is 7.99. The monoisotopic (exact) mass is 286 g/mol. The summed E-state index contributed by atoms with van der Waals surface area (Å²) < 4.78 is 6.34. The maximum absolute atomic E-state index is 11.9. The Hall–Kier alpha value is -1.28. The smallest absolute Gasteiger partial charge is 0.343 e. The minimum Gasteiger partial charge on any atom is -0.468 e. The molecule has 0 spiro atoms. The van der Waals surface area contributed by atoms with Crippen molar-refractivity contribution in [3.63, 3.8) is 0 Å². The van der Waals surface area contributed by atoms with Gasteiger partial charge in [-0.2, -0.15) is 0 Å². The first kappa shape index (κ1) is 14.1. The predicted octanol–water partition coefficient (Wildman–Crippen LogP) is -0.116. The van der Waals surface area contributed by atoms with E-state index in [9.17, 15) is 9.59 Å². The number of esters is 1. The summed E-state index contributed by atoms with van der Waals surface area (Å²) in [6, 6.07) is 0. The van der Waals surface area contributed by atoms with Crippen molar-refractivity contribution in [2.45, 2.75) is 35.2 Å². The molecular formula is C11H18N4O3S. The SMILES string of the molecule is CNC1(C(=O)OC)CCC(Sc2n[nH]c(=O)n2C)C1. The number of rotatable bonds is 4. The molecule has 7 nitrogen and oxygen atoms in total. The van der Waals surface area contributed by atoms with Gasteiger partial charge in [0.1, 0.15) is 5.54 Å². The van der Waals surface area contributed by atoms with Crippen molar-refractivity contribution in [2.75, 3.05) is 14.2 Å². The molecule has 2 atom stereocenters. The van der Waals surface area contributed by atoms with Gasteiger partial charge in [0.15, 0.2) is 5.16 Å². The first-order chi connectivity index (χ1) is 9.02. The number of ether oxygens (including phenoxy) is 1. The quantitative estimate of drug-likeness (QED) is 0.750. The Balaban J connectivity index is 2.08. The molecule has 1 aliphatic rings. The summed E-state index contributed by atoms with van der Waals surface area (Å²) in [7, 11) is 4.85. The summed E-state index contributed by atoms with van der Waals surface area (Å²) in [5, 5.41) is 10.3. The molecule has 2 unspecified atom stereocenters. The average molecular weight is 286 g/mol. The number of methoxy groups -OCH3 is 1. The first-order valence-electron chi connectivity index (χ1n) is 6.08. The predicted molar refractivity (Wildman–Crippen MR) is 71.1 cm³/mol. The number of hydrogen-bond donors (Lipinski definition) is 2. The van der Waals surface area contributed by atoms with E-state index in [0.29, 0.717) is 11.6 Å². The number of hydrogen-bond acceptors (Lipinski definition) is 6. The minimum atomic E-state index is -0.610. The lowest BCUT2D eigenvalue weighted by atomic mass is 9.98. The van der Waals surface area contributed by atoms with Gasteiger partial charge in [0.2, 0.25) is 0 Å². The molecule has 0 aliphatic heterocycles. The van der Waals surface area contributed by atoms with Gasteiger partial charge in [-0.1, -0.05) is 11.8 Å². The molecule has 0 amide bonds. The minimum absolute atomic E-state index is 0.228. The summed E-state index contributed by atoms with van der Waals surface area (Å²) in [5.74, 6) is -0.228. The highest BCUT2D eigenvalue weighted by atomic mass is 32.2. The van der Waals surface area contributed by atoms with Gasteiger partial charge in [-0.25, -0.2) is 9.89 Å². The summed E-state index contributed by atoms with van der Waals surface area (Å²) in [4.78, 5) is 23.2. The Bertz CT molecular complexity index is 526. The number of thioether (sulfide) groups is 1. The number of carbonyl (C=O) groups excluding carboxylic acids is 1. The Morgan fingerprint density at radius 2 is 2.42 bits per heavy atom. The van der Waals surface area contributed by atoms with Crippen LogP contribution < -0.4 is 11.0 Å². The van der Waals surface area contributed by atoms with E-state index < -0.39 is 5.54 Å². The number of aromatic nitrogens is 3. The summed E-state index contributed by atoms with van der Waals surface area (Å²) in [6.07, 6.45) is 2.27. The molecule has 0 bridgehead atoms. The van der Waals surface area contributed by atoms with Gasteiger partial charge in [-0.05, 0) is 26.3 Å². The van der Waals surface area contributed by atoms with Gasteiger partial charge in [-0.3, -0.25) is 9.36 Å². The number of aromatic amines is 1. The van der Waals surface area contributed by atoms with Crippen molar-refractivity contribution in [1.82, 2.24) is 20.1 Å². The van der Waals surface area contributed by atoms with Crippen molar-refractivity contribution < 1.29 is 9.53 Å². The zero-order valence-electron chi connectivity index (χ0n) is 11.2. The molecule has 1 fully saturated rings. The lowest BCUT2D eigenvalue weighted by molar-refractivity contribution is -0.148. The van der Waals surface area contributed by atoms with Crippen LogP contribution in [-0.2, 0) is 16.6 Å². The van der Waals surface area contributed by atoms with Gasteiger partial charge >= 0.3 is 11.7 Å². The van der Waals surface area contributed by atoms with E-state index in [2.05, 4.69) is 15.5 Å². The molecule has 0 aromatic carbocycles. The van der Waals surface area contributed by atoms with E-state index in [1.54, 1.807) is 14.1 Å². The number of carbonyl (C=O) groups is 1. The van der Waals surface area contributed by atoms with Crippen LogP contribution in [0.5, 0.6) is 0 Å². The van der Waals surface area contributed by atoms with Gasteiger partial charge in [-0.15, -0.1) is 5.10 Å². The van der Waals surface area contributed by atoms with E-state index in [1.807, 2.05) is 0 Å². The molecule has 19 heavy (non-hydrogen) atoms. The van der Waals surface area contributed by atoms with E-state index in [4.69, 9.17) is 4.74 Å². The third-order valence-corrected chi connectivity index (χ3v) is 4.95. The lowest BCUT2D eigenvalue weighted by Crippen LogP contribution is -2.49. The Kier molecular flexibility index (Phi) is 4.00. The van der Waals surface area contributed by atoms with Crippen LogP contribution in [0.4, 0.5) is 0 Å². The van der Waals surface area contributed by atoms with E-state index >= 15 is 0 Å². The molecule has 1 aromatic heterocycles. The Morgan fingerprint density at radius 1 is 1.68 bits per heavy atom. The van der Waals surface area contributed by atoms with Gasteiger partial charge in [0.25, 0.3) is 0 Å². The molecule has 1 heterocycles.